The summed E-state index contributed by atoms with van der Waals surface area (Å²) in [6.45, 7) is 0. The Kier molecular flexibility index (Phi) is 7.80. The Labute approximate surface area is 361 Å². The van der Waals surface area contributed by atoms with Crippen molar-refractivity contribution >= 4 is 65.6 Å². The molecule has 0 unspecified atom stereocenters. The van der Waals surface area contributed by atoms with E-state index in [1.807, 2.05) is 72.8 Å². The average Bonchev–Trinajstić information content (AvgIpc) is 4.01. The number of furan rings is 1. The van der Waals surface area contributed by atoms with Gasteiger partial charge in [0.25, 0.3) is 0 Å². The highest BCUT2D eigenvalue weighted by molar-refractivity contribution is 6.20. The predicted octanol–water partition coefficient (Wildman–Crippen LogP) is 14.6. The zero-order valence-electron chi connectivity index (χ0n) is 33.9. The van der Waals surface area contributed by atoms with Crippen LogP contribution in [0.15, 0.2) is 217 Å². The smallest absolute Gasteiger partial charge is 0.164 e. The number of rotatable bonds is 6. The summed E-state index contributed by atoms with van der Waals surface area (Å²) in [5, 5.41) is 6.76. The van der Waals surface area contributed by atoms with Crippen molar-refractivity contribution in [2.45, 2.75) is 0 Å². The molecule has 0 fully saturated rings. The van der Waals surface area contributed by atoms with Gasteiger partial charge in [-0.15, -0.1) is 0 Å². The summed E-state index contributed by atoms with van der Waals surface area (Å²) in [7, 11) is 0. The monoisotopic (exact) mass is 805 g/mol. The van der Waals surface area contributed by atoms with Gasteiger partial charge in [0.1, 0.15) is 11.2 Å². The summed E-state index contributed by atoms with van der Waals surface area (Å²) in [5.74, 6) is 1.80. The number of hydrogen-bond acceptors (Lipinski definition) is 4. The van der Waals surface area contributed by atoms with Crippen molar-refractivity contribution in [1.82, 2.24) is 24.1 Å². The van der Waals surface area contributed by atoms with E-state index in [1.165, 1.54) is 27.1 Å². The molecule has 0 spiro atoms. The molecule has 13 aromatic rings. The maximum absolute atomic E-state index is 6.95. The highest BCUT2D eigenvalue weighted by Gasteiger charge is 2.23. The van der Waals surface area contributed by atoms with Crippen LogP contribution in [-0.4, -0.2) is 24.1 Å². The number of hydrogen-bond donors (Lipinski definition) is 0. The number of fused-ring (bicyclic) bond motifs is 9. The number of para-hydroxylation sites is 3. The van der Waals surface area contributed by atoms with E-state index in [4.69, 9.17) is 19.4 Å². The standard InChI is InChI=1S/C57H35N5O/c1-5-18-36(19-6-1)44-32-40(62-49-30-16-14-27-42(49)46-34-45-41-26-13-15-29-48(41)61(50(45)35-51(46)62)39-24-11-4-12-25-39)33-47-53-43(28-17-31-52(53)63-54(44)47)57-59-55(37-20-7-2-8-21-37)58-56(60-57)38-22-9-3-10-23-38/h1-35H. The topological polar surface area (TPSA) is 61.7 Å². The van der Waals surface area contributed by atoms with Gasteiger partial charge in [-0.1, -0.05) is 158 Å². The molecule has 9 aromatic carbocycles. The maximum Gasteiger partial charge on any atom is 0.164 e. The summed E-state index contributed by atoms with van der Waals surface area (Å²) in [5.41, 5.74) is 13.1. The van der Waals surface area contributed by atoms with Crippen LogP contribution in [0.1, 0.15) is 0 Å². The molecular weight excluding hydrogens is 771 g/mol. The Hall–Kier alpha value is -8.61. The summed E-state index contributed by atoms with van der Waals surface area (Å²) in [4.78, 5) is 15.4. The Morgan fingerprint density at radius 2 is 0.825 bits per heavy atom. The van der Waals surface area contributed by atoms with Crippen molar-refractivity contribution < 1.29 is 4.42 Å². The minimum atomic E-state index is 0.579. The van der Waals surface area contributed by atoms with E-state index in [1.54, 1.807) is 0 Å². The normalized spacial score (nSPS) is 11.8. The predicted molar refractivity (Wildman–Crippen MR) is 258 cm³/mol. The van der Waals surface area contributed by atoms with E-state index in [9.17, 15) is 0 Å². The lowest BCUT2D eigenvalue weighted by molar-refractivity contribution is 0.670. The Morgan fingerprint density at radius 1 is 0.317 bits per heavy atom. The first-order valence-electron chi connectivity index (χ1n) is 21.2. The van der Waals surface area contributed by atoms with Gasteiger partial charge in [0.2, 0.25) is 0 Å². The first-order chi connectivity index (χ1) is 31.2. The second-order valence-electron chi connectivity index (χ2n) is 16.0. The van der Waals surface area contributed by atoms with Crippen molar-refractivity contribution in [2.75, 3.05) is 0 Å². The van der Waals surface area contributed by atoms with E-state index < -0.39 is 0 Å². The molecule has 0 saturated heterocycles. The van der Waals surface area contributed by atoms with E-state index in [-0.39, 0.29) is 0 Å². The highest BCUT2D eigenvalue weighted by atomic mass is 16.3. The molecule has 13 rings (SSSR count). The van der Waals surface area contributed by atoms with Crippen molar-refractivity contribution in [3.63, 3.8) is 0 Å². The summed E-state index contributed by atoms with van der Waals surface area (Å²) >= 11 is 0. The minimum absolute atomic E-state index is 0.579. The molecule has 6 nitrogen and oxygen atoms in total. The van der Waals surface area contributed by atoms with Crippen LogP contribution in [-0.2, 0) is 0 Å². The van der Waals surface area contributed by atoms with Gasteiger partial charge in [0, 0.05) is 65.9 Å². The Balaban J connectivity index is 1.13. The van der Waals surface area contributed by atoms with Crippen LogP contribution in [0.2, 0.25) is 0 Å². The third-order valence-corrected chi connectivity index (χ3v) is 12.3. The van der Waals surface area contributed by atoms with Crippen LogP contribution in [0.3, 0.4) is 0 Å². The zero-order valence-corrected chi connectivity index (χ0v) is 33.9. The largest absolute Gasteiger partial charge is 0.455 e. The quantitative estimate of drug-likeness (QED) is 0.168. The van der Waals surface area contributed by atoms with Crippen molar-refractivity contribution in [3.05, 3.63) is 212 Å². The number of benzene rings is 9. The van der Waals surface area contributed by atoms with Crippen LogP contribution < -0.4 is 0 Å². The zero-order chi connectivity index (χ0) is 41.4. The van der Waals surface area contributed by atoms with E-state index in [0.29, 0.717) is 17.5 Å². The molecule has 0 aliphatic heterocycles. The van der Waals surface area contributed by atoms with Gasteiger partial charge in [0.05, 0.1) is 22.1 Å². The number of aromatic nitrogens is 5. The molecule has 4 heterocycles. The molecule has 0 atom stereocenters. The fraction of sp³-hybridized carbons (Fsp3) is 0. The van der Waals surface area contributed by atoms with Crippen molar-refractivity contribution in [1.29, 1.82) is 0 Å². The highest BCUT2D eigenvalue weighted by Crippen LogP contribution is 2.45. The lowest BCUT2D eigenvalue weighted by Gasteiger charge is -2.13. The fourth-order valence-electron chi connectivity index (χ4n) is 9.55. The third-order valence-electron chi connectivity index (χ3n) is 12.3. The molecule has 0 N–H and O–H groups in total. The first-order valence-corrected chi connectivity index (χ1v) is 21.2. The van der Waals surface area contributed by atoms with Gasteiger partial charge in [0.15, 0.2) is 17.5 Å². The Bertz CT molecular complexity index is 3830. The molecular formula is C57H35N5O. The van der Waals surface area contributed by atoms with Gasteiger partial charge < -0.3 is 13.6 Å². The second kappa shape index (κ2) is 14.0. The molecule has 0 radical (unpaired) electrons. The summed E-state index contributed by atoms with van der Waals surface area (Å²) in [6, 6.07) is 74.4. The van der Waals surface area contributed by atoms with Crippen LogP contribution in [0.4, 0.5) is 0 Å². The van der Waals surface area contributed by atoms with Crippen molar-refractivity contribution in [3.8, 4) is 56.7 Å². The molecule has 0 saturated carbocycles. The van der Waals surface area contributed by atoms with E-state index in [2.05, 4.69) is 149 Å². The summed E-state index contributed by atoms with van der Waals surface area (Å²) < 4.78 is 11.8. The van der Waals surface area contributed by atoms with Gasteiger partial charge in [-0.05, 0) is 60.2 Å². The van der Waals surface area contributed by atoms with Crippen LogP contribution in [0.25, 0.3) is 122 Å². The molecule has 63 heavy (non-hydrogen) atoms. The fourth-order valence-corrected chi connectivity index (χ4v) is 9.55. The molecule has 0 bridgehead atoms. The minimum Gasteiger partial charge on any atom is -0.455 e. The lowest BCUT2D eigenvalue weighted by atomic mass is 9.99. The molecule has 0 amide bonds. The SMILES string of the molecule is c1ccc(-c2nc(-c3ccccc3)nc(-c3cccc4oc5c(-c6ccccc6)cc(-n6c7ccccc7c7cc8c9ccccc9n(-c9ccccc9)c8cc76)cc5c34)n2)cc1. The summed E-state index contributed by atoms with van der Waals surface area (Å²) in [6.07, 6.45) is 0. The van der Waals surface area contributed by atoms with Gasteiger partial charge in [-0.25, -0.2) is 15.0 Å². The van der Waals surface area contributed by atoms with Crippen molar-refractivity contribution in [2.24, 2.45) is 0 Å². The van der Waals surface area contributed by atoms with E-state index in [0.717, 1.165) is 77.7 Å². The molecule has 0 aliphatic carbocycles. The molecule has 4 aromatic heterocycles. The molecule has 294 valence electrons. The lowest BCUT2D eigenvalue weighted by Crippen LogP contribution is -2.00. The molecule has 0 aliphatic rings. The maximum atomic E-state index is 6.95. The Morgan fingerprint density at radius 3 is 1.43 bits per heavy atom. The van der Waals surface area contributed by atoms with Crippen LogP contribution in [0, 0.1) is 0 Å². The van der Waals surface area contributed by atoms with Crippen LogP contribution >= 0.6 is 0 Å². The second-order valence-corrected chi connectivity index (χ2v) is 16.0. The van der Waals surface area contributed by atoms with Crippen LogP contribution in [0.5, 0.6) is 0 Å². The first kappa shape index (κ1) is 35.2. The number of nitrogens with zero attached hydrogens (tertiary/aromatic N) is 5. The average molecular weight is 806 g/mol. The molecule has 6 heteroatoms. The van der Waals surface area contributed by atoms with Gasteiger partial charge in [-0.2, -0.15) is 0 Å². The van der Waals surface area contributed by atoms with Gasteiger partial charge in [-0.3, -0.25) is 0 Å². The van der Waals surface area contributed by atoms with Gasteiger partial charge >= 0.3 is 0 Å². The van der Waals surface area contributed by atoms with E-state index >= 15 is 0 Å². The third kappa shape index (κ3) is 5.55.